The van der Waals surface area contributed by atoms with Crippen LogP contribution in [0.15, 0.2) is 37.1 Å². The van der Waals surface area contributed by atoms with E-state index in [9.17, 15) is 4.79 Å². The van der Waals surface area contributed by atoms with Crippen molar-refractivity contribution in [3.63, 3.8) is 0 Å². The Morgan fingerprint density at radius 2 is 2.29 bits per heavy atom. The van der Waals surface area contributed by atoms with Gasteiger partial charge in [-0.05, 0) is 24.5 Å². The Labute approximate surface area is 162 Å². The number of nitrogens with one attached hydrogen (secondary N) is 2. The molecule has 2 N–H and O–H groups in total. The first-order valence-corrected chi connectivity index (χ1v) is 9.29. The lowest BCUT2D eigenvalue weighted by Crippen LogP contribution is -2.48. The molecule has 0 radical (unpaired) electrons. The second kappa shape index (κ2) is 7.64. The van der Waals surface area contributed by atoms with Gasteiger partial charge in [0.25, 0.3) is 0 Å². The largest absolute Gasteiger partial charge is 0.379 e. The molecule has 8 nitrogen and oxygen atoms in total. The molecule has 1 fully saturated rings. The number of amides is 1. The summed E-state index contributed by atoms with van der Waals surface area (Å²) in [5.74, 6) is 0.235. The minimum atomic E-state index is -0.113. The van der Waals surface area contributed by atoms with Gasteiger partial charge in [-0.3, -0.25) is 4.79 Å². The van der Waals surface area contributed by atoms with Crippen molar-refractivity contribution in [1.29, 1.82) is 5.26 Å². The van der Waals surface area contributed by atoms with Crippen LogP contribution in [0.4, 0.5) is 5.69 Å². The van der Waals surface area contributed by atoms with Crippen molar-refractivity contribution in [1.82, 2.24) is 24.8 Å². The predicted molar refractivity (Wildman–Crippen MR) is 105 cm³/mol. The molecule has 1 saturated heterocycles. The average Bonchev–Trinajstić information content (AvgIpc) is 3.18. The summed E-state index contributed by atoms with van der Waals surface area (Å²) in [6.45, 7) is 3.39. The van der Waals surface area contributed by atoms with E-state index in [-0.39, 0.29) is 18.4 Å². The van der Waals surface area contributed by atoms with Crippen LogP contribution in [0.5, 0.6) is 0 Å². The first-order chi connectivity index (χ1) is 13.7. The quantitative estimate of drug-likeness (QED) is 0.725. The number of nitrogens with zero attached hydrogens (tertiary/aromatic N) is 5. The lowest BCUT2D eigenvalue weighted by molar-refractivity contribution is -0.132. The normalized spacial score (nSPS) is 19.4. The molecular weight excluding hydrogens is 354 g/mol. The molecule has 4 heterocycles. The lowest BCUT2D eigenvalue weighted by Gasteiger charge is -2.37. The number of aromatic amines is 1. The van der Waals surface area contributed by atoms with E-state index in [0.717, 1.165) is 34.4 Å². The number of carbonyl (C=O) groups is 1. The molecule has 0 bridgehead atoms. The van der Waals surface area contributed by atoms with Crippen LogP contribution < -0.4 is 5.32 Å². The fourth-order valence-electron chi connectivity index (χ4n) is 3.85. The fraction of sp³-hybridized carbons (Fsp3) is 0.350. The number of aromatic nitrogens is 4. The third kappa shape index (κ3) is 3.51. The molecule has 8 heteroatoms. The number of H-pyrrole nitrogens is 1. The average molecular weight is 375 g/mol. The first-order valence-electron chi connectivity index (χ1n) is 9.29. The minimum Gasteiger partial charge on any atom is -0.379 e. The molecule has 3 aromatic heterocycles. The molecule has 3 aromatic rings. The van der Waals surface area contributed by atoms with E-state index in [1.807, 2.05) is 24.4 Å². The summed E-state index contributed by atoms with van der Waals surface area (Å²) in [5, 5.41) is 13.5. The summed E-state index contributed by atoms with van der Waals surface area (Å²) in [4.78, 5) is 30.0. The zero-order valence-corrected chi connectivity index (χ0v) is 15.6. The molecule has 2 atom stereocenters. The Morgan fingerprint density at radius 3 is 3.07 bits per heavy atom. The summed E-state index contributed by atoms with van der Waals surface area (Å²) in [5.41, 5.74) is 3.41. The molecule has 1 aliphatic heterocycles. The summed E-state index contributed by atoms with van der Waals surface area (Å²) in [6.07, 6.45) is 7.74. The molecule has 0 aromatic carbocycles. The van der Waals surface area contributed by atoms with Crippen LogP contribution in [0.1, 0.15) is 19.8 Å². The second-order valence-corrected chi connectivity index (χ2v) is 7.20. The third-order valence-corrected chi connectivity index (χ3v) is 5.04. The van der Waals surface area contributed by atoms with Crippen molar-refractivity contribution in [2.75, 3.05) is 18.4 Å². The summed E-state index contributed by atoms with van der Waals surface area (Å²) >= 11 is 0. The van der Waals surface area contributed by atoms with Gasteiger partial charge in [0.2, 0.25) is 5.91 Å². The number of pyridine rings is 1. The Kier molecular flexibility index (Phi) is 4.89. The highest BCUT2D eigenvalue weighted by Gasteiger charge is 2.28. The van der Waals surface area contributed by atoms with Crippen LogP contribution in [0.3, 0.4) is 0 Å². The summed E-state index contributed by atoms with van der Waals surface area (Å²) < 4.78 is 0. The molecule has 0 aliphatic carbocycles. The molecule has 1 aliphatic rings. The van der Waals surface area contributed by atoms with Gasteiger partial charge < -0.3 is 15.2 Å². The smallest absolute Gasteiger partial charge is 0.236 e. The molecule has 1 amide bonds. The maximum Gasteiger partial charge on any atom is 0.236 e. The van der Waals surface area contributed by atoms with Gasteiger partial charge in [0, 0.05) is 48.7 Å². The van der Waals surface area contributed by atoms with Crippen molar-refractivity contribution in [3.05, 3.63) is 37.1 Å². The van der Waals surface area contributed by atoms with Crippen LogP contribution >= 0.6 is 0 Å². The molecule has 0 spiro atoms. The Bertz CT molecular complexity index is 1020. The number of hydrogen-bond donors (Lipinski definition) is 2. The highest BCUT2D eigenvalue weighted by Crippen LogP contribution is 2.34. The van der Waals surface area contributed by atoms with Crippen molar-refractivity contribution >= 4 is 22.6 Å². The Morgan fingerprint density at radius 1 is 1.39 bits per heavy atom. The standard InChI is InChI=1S/C20H21N7O/c1-13-8-14(11-27(10-13)18(28)2-5-21)26-19-15-3-7-23-20(15)24-9-16(19)17-4-6-22-12-25-17/h3-4,6-7,9,12-14H,2,8,10-11H2,1H3,(H2,23,24,26)/t13-,14+/m0/s1. The highest BCUT2D eigenvalue weighted by molar-refractivity contribution is 5.97. The van der Waals surface area contributed by atoms with E-state index in [1.54, 1.807) is 17.3 Å². The lowest BCUT2D eigenvalue weighted by atomic mass is 9.95. The molecular formula is C20H21N7O. The predicted octanol–water partition coefficient (Wildman–Crippen LogP) is 2.58. The SMILES string of the molecule is C[C@H]1C[C@@H](Nc2c(-c3ccncn3)cnc3[nH]ccc23)CN(C(=O)CC#N)C1. The number of likely N-dealkylation sites (tertiary alicyclic amines) is 1. The Hall–Kier alpha value is -3.47. The van der Waals surface area contributed by atoms with Gasteiger partial charge in [-0.1, -0.05) is 6.92 Å². The van der Waals surface area contributed by atoms with Gasteiger partial charge in [0.05, 0.1) is 17.5 Å². The number of rotatable bonds is 4. The van der Waals surface area contributed by atoms with E-state index in [4.69, 9.17) is 5.26 Å². The van der Waals surface area contributed by atoms with Crippen LogP contribution in [0, 0.1) is 17.2 Å². The summed E-state index contributed by atoms with van der Waals surface area (Å²) in [7, 11) is 0. The highest BCUT2D eigenvalue weighted by atomic mass is 16.2. The number of piperidine rings is 1. The molecule has 4 rings (SSSR count). The number of nitriles is 1. The van der Waals surface area contributed by atoms with Crippen molar-refractivity contribution in [2.24, 2.45) is 5.92 Å². The number of hydrogen-bond acceptors (Lipinski definition) is 6. The molecule has 28 heavy (non-hydrogen) atoms. The number of carbonyl (C=O) groups excluding carboxylic acids is 1. The van der Waals surface area contributed by atoms with E-state index in [2.05, 4.69) is 32.2 Å². The number of fused-ring (bicyclic) bond motifs is 1. The zero-order chi connectivity index (χ0) is 19.5. The fourth-order valence-corrected chi connectivity index (χ4v) is 3.85. The van der Waals surface area contributed by atoms with Gasteiger partial charge in [-0.25, -0.2) is 15.0 Å². The van der Waals surface area contributed by atoms with Crippen LogP contribution in [-0.2, 0) is 4.79 Å². The third-order valence-electron chi connectivity index (χ3n) is 5.04. The topological polar surface area (TPSA) is 111 Å². The first kappa shape index (κ1) is 17.9. The van der Waals surface area contributed by atoms with Gasteiger partial charge >= 0.3 is 0 Å². The van der Waals surface area contributed by atoms with Gasteiger partial charge in [-0.15, -0.1) is 0 Å². The van der Waals surface area contributed by atoms with E-state index < -0.39 is 0 Å². The van der Waals surface area contributed by atoms with Crippen molar-refractivity contribution in [2.45, 2.75) is 25.8 Å². The monoisotopic (exact) mass is 375 g/mol. The molecule has 0 unspecified atom stereocenters. The maximum atomic E-state index is 12.2. The van der Waals surface area contributed by atoms with Crippen molar-refractivity contribution in [3.8, 4) is 17.3 Å². The Balaban J connectivity index is 1.68. The van der Waals surface area contributed by atoms with Gasteiger partial charge in [0.1, 0.15) is 18.4 Å². The molecule has 142 valence electrons. The second-order valence-electron chi connectivity index (χ2n) is 7.20. The molecule has 0 saturated carbocycles. The van der Waals surface area contributed by atoms with Crippen LogP contribution in [0.25, 0.3) is 22.3 Å². The minimum absolute atomic E-state index is 0.0764. The van der Waals surface area contributed by atoms with Crippen LogP contribution in [-0.4, -0.2) is 49.9 Å². The van der Waals surface area contributed by atoms with Gasteiger partial charge in [-0.2, -0.15) is 5.26 Å². The summed E-state index contributed by atoms with van der Waals surface area (Å²) in [6, 6.07) is 5.87. The van der Waals surface area contributed by atoms with Crippen LogP contribution in [0.2, 0.25) is 0 Å². The van der Waals surface area contributed by atoms with E-state index in [0.29, 0.717) is 19.0 Å². The van der Waals surface area contributed by atoms with Gasteiger partial charge in [0.15, 0.2) is 0 Å². The maximum absolute atomic E-state index is 12.2. The number of anilines is 1. The van der Waals surface area contributed by atoms with E-state index in [1.165, 1.54) is 6.33 Å². The van der Waals surface area contributed by atoms with E-state index >= 15 is 0 Å². The van der Waals surface area contributed by atoms with Crippen molar-refractivity contribution < 1.29 is 4.79 Å². The zero-order valence-electron chi connectivity index (χ0n) is 15.6.